The molecule has 0 aliphatic rings. The minimum atomic E-state index is -0.518. The van der Waals surface area contributed by atoms with E-state index in [-0.39, 0.29) is 10.9 Å². The summed E-state index contributed by atoms with van der Waals surface area (Å²) in [7, 11) is 0. The number of halogens is 2. The van der Waals surface area contributed by atoms with E-state index in [1.54, 1.807) is 6.07 Å². The lowest BCUT2D eigenvalue weighted by molar-refractivity contribution is 0.110. The van der Waals surface area contributed by atoms with Gasteiger partial charge in [-0.1, -0.05) is 13.8 Å². The van der Waals surface area contributed by atoms with E-state index in [0.717, 1.165) is 25.2 Å². The van der Waals surface area contributed by atoms with E-state index in [1.165, 1.54) is 6.20 Å². The number of ether oxygens (including phenoxy) is 1. The van der Waals surface area contributed by atoms with Gasteiger partial charge in [0.15, 0.2) is 0 Å². The third-order valence-electron chi connectivity index (χ3n) is 3.02. The molecule has 0 amide bonds. The molecule has 0 saturated carbocycles. The second-order valence-corrected chi connectivity index (χ2v) is 5.36. The molecule has 2 aromatic rings. The van der Waals surface area contributed by atoms with Crippen LogP contribution in [0.15, 0.2) is 24.4 Å². The van der Waals surface area contributed by atoms with Gasteiger partial charge in [-0.15, -0.1) is 0 Å². The third kappa shape index (κ3) is 4.11. The maximum atomic E-state index is 13.9. The molecule has 0 atom stereocenters. The van der Waals surface area contributed by atoms with Crippen LogP contribution in [0.4, 0.5) is 14.5 Å². The lowest BCUT2D eigenvalue weighted by atomic mass is 10.1. The van der Waals surface area contributed by atoms with Gasteiger partial charge in [0.2, 0.25) is 0 Å². The number of rotatable bonds is 7. The maximum Gasteiger partial charge on any atom is 0.149 e. The first-order valence-corrected chi connectivity index (χ1v) is 7.14. The molecule has 3 nitrogen and oxygen atoms in total. The van der Waals surface area contributed by atoms with Crippen molar-refractivity contribution in [3.8, 4) is 0 Å². The number of hydrogen-bond acceptors (Lipinski definition) is 3. The molecule has 1 N–H and O–H groups in total. The molecule has 0 fully saturated rings. The number of nitrogens with one attached hydrogen (secondary N) is 1. The minimum Gasteiger partial charge on any atom is -0.384 e. The van der Waals surface area contributed by atoms with Crippen molar-refractivity contribution < 1.29 is 13.5 Å². The first kappa shape index (κ1) is 15.6. The largest absolute Gasteiger partial charge is 0.384 e. The van der Waals surface area contributed by atoms with Gasteiger partial charge in [0, 0.05) is 31.6 Å². The Morgan fingerprint density at radius 3 is 2.71 bits per heavy atom. The molecule has 0 radical (unpaired) electrons. The maximum absolute atomic E-state index is 13.9. The molecule has 0 unspecified atom stereocenters. The van der Waals surface area contributed by atoms with E-state index >= 15 is 0 Å². The summed E-state index contributed by atoms with van der Waals surface area (Å²) in [5.74, 6) is -0.479. The van der Waals surface area contributed by atoms with Crippen molar-refractivity contribution in [1.82, 2.24) is 4.98 Å². The standard InChI is InChI=1S/C16H20F2N2O/c1-11(2)10-21-9-3-7-19-14-6-8-20-16-13(18)5-4-12(17)15(14)16/h4-6,8,11H,3,7,9-10H2,1-2H3,(H,19,20). The third-order valence-corrected chi connectivity index (χ3v) is 3.02. The van der Waals surface area contributed by atoms with Crippen LogP contribution in [-0.4, -0.2) is 24.7 Å². The fourth-order valence-corrected chi connectivity index (χ4v) is 2.06. The molecule has 0 spiro atoms. The van der Waals surface area contributed by atoms with Crippen LogP contribution >= 0.6 is 0 Å². The van der Waals surface area contributed by atoms with Crippen LogP contribution in [0.1, 0.15) is 20.3 Å². The van der Waals surface area contributed by atoms with Gasteiger partial charge >= 0.3 is 0 Å². The first-order chi connectivity index (χ1) is 10.1. The quantitative estimate of drug-likeness (QED) is 0.784. The number of hydrogen-bond donors (Lipinski definition) is 1. The number of nitrogens with zero attached hydrogens (tertiary/aromatic N) is 1. The highest BCUT2D eigenvalue weighted by Crippen LogP contribution is 2.26. The highest BCUT2D eigenvalue weighted by atomic mass is 19.1. The molecule has 5 heteroatoms. The average Bonchev–Trinajstić information content (AvgIpc) is 2.46. The van der Waals surface area contributed by atoms with E-state index in [9.17, 15) is 8.78 Å². The van der Waals surface area contributed by atoms with Crippen LogP contribution in [0.25, 0.3) is 10.9 Å². The van der Waals surface area contributed by atoms with E-state index in [1.807, 2.05) is 0 Å². The minimum absolute atomic E-state index is 0.0519. The lowest BCUT2D eigenvalue weighted by Crippen LogP contribution is -2.09. The van der Waals surface area contributed by atoms with Gasteiger partial charge in [0.1, 0.15) is 17.2 Å². The zero-order valence-electron chi connectivity index (χ0n) is 12.3. The van der Waals surface area contributed by atoms with Crippen molar-refractivity contribution in [3.05, 3.63) is 36.0 Å². The number of aromatic nitrogens is 1. The topological polar surface area (TPSA) is 34.1 Å². The zero-order valence-corrected chi connectivity index (χ0v) is 12.3. The summed E-state index contributed by atoms with van der Waals surface area (Å²) in [6.45, 7) is 6.20. The van der Waals surface area contributed by atoms with Crippen LogP contribution in [0.5, 0.6) is 0 Å². The van der Waals surface area contributed by atoms with Gasteiger partial charge in [-0.25, -0.2) is 8.78 Å². The second-order valence-electron chi connectivity index (χ2n) is 5.36. The Kier molecular flexibility index (Phi) is 5.44. The smallest absolute Gasteiger partial charge is 0.149 e. The van der Waals surface area contributed by atoms with Crippen molar-refractivity contribution in [2.75, 3.05) is 25.1 Å². The van der Waals surface area contributed by atoms with Gasteiger partial charge in [0.05, 0.1) is 5.39 Å². The molecule has 0 aliphatic carbocycles. The van der Waals surface area contributed by atoms with Crippen molar-refractivity contribution >= 4 is 16.6 Å². The van der Waals surface area contributed by atoms with E-state index in [2.05, 4.69) is 24.1 Å². The van der Waals surface area contributed by atoms with E-state index < -0.39 is 11.6 Å². The van der Waals surface area contributed by atoms with Crippen LogP contribution in [0, 0.1) is 17.6 Å². The van der Waals surface area contributed by atoms with Gasteiger partial charge in [-0.05, 0) is 30.5 Å². The summed E-state index contributed by atoms with van der Waals surface area (Å²) < 4.78 is 33.0. The molecule has 1 heterocycles. The number of pyridine rings is 1. The van der Waals surface area contributed by atoms with Crippen LogP contribution in [0.3, 0.4) is 0 Å². The zero-order chi connectivity index (χ0) is 15.2. The second kappa shape index (κ2) is 7.31. The number of anilines is 1. The molecular weight excluding hydrogens is 274 g/mol. The predicted octanol–water partition coefficient (Wildman–Crippen LogP) is 3.99. The Bertz CT molecular complexity index is 602. The summed E-state index contributed by atoms with van der Waals surface area (Å²) >= 11 is 0. The van der Waals surface area contributed by atoms with Crippen LogP contribution < -0.4 is 5.32 Å². The summed E-state index contributed by atoms with van der Waals surface area (Å²) in [6.07, 6.45) is 2.27. The lowest BCUT2D eigenvalue weighted by Gasteiger charge is -2.11. The molecule has 1 aromatic heterocycles. The summed E-state index contributed by atoms with van der Waals surface area (Å²) in [5, 5.41) is 3.31. The van der Waals surface area contributed by atoms with Crippen molar-refractivity contribution in [3.63, 3.8) is 0 Å². The fourth-order valence-electron chi connectivity index (χ4n) is 2.06. The number of benzene rings is 1. The highest BCUT2D eigenvalue weighted by molar-refractivity contribution is 5.91. The summed E-state index contributed by atoms with van der Waals surface area (Å²) in [5.41, 5.74) is 0.608. The summed E-state index contributed by atoms with van der Waals surface area (Å²) in [4.78, 5) is 3.90. The molecule has 0 aliphatic heterocycles. The van der Waals surface area contributed by atoms with Gasteiger partial charge in [0.25, 0.3) is 0 Å². The Morgan fingerprint density at radius 2 is 1.95 bits per heavy atom. The van der Waals surface area contributed by atoms with Crippen molar-refractivity contribution in [2.45, 2.75) is 20.3 Å². The SMILES string of the molecule is CC(C)COCCCNc1ccnc2c(F)ccc(F)c12. The number of fused-ring (bicyclic) bond motifs is 1. The van der Waals surface area contributed by atoms with E-state index in [4.69, 9.17) is 4.74 Å². The molecule has 0 bridgehead atoms. The van der Waals surface area contributed by atoms with E-state index in [0.29, 0.717) is 24.8 Å². The first-order valence-electron chi connectivity index (χ1n) is 7.14. The van der Waals surface area contributed by atoms with Crippen LogP contribution in [-0.2, 0) is 4.74 Å². The predicted molar refractivity (Wildman–Crippen MR) is 80.4 cm³/mol. The van der Waals surface area contributed by atoms with Crippen molar-refractivity contribution in [2.24, 2.45) is 5.92 Å². The summed E-state index contributed by atoms with van der Waals surface area (Å²) in [6, 6.07) is 3.87. The molecule has 1 aromatic carbocycles. The molecule has 21 heavy (non-hydrogen) atoms. The fraction of sp³-hybridized carbons (Fsp3) is 0.438. The monoisotopic (exact) mass is 294 g/mol. The van der Waals surface area contributed by atoms with Gasteiger partial charge in [-0.2, -0.15) is 0 Å². The van der Waals surface area contributed by atoms with Gasteiger partial charge < -0.3 is 10.1 Å². The molecule has 114 valence electrons. The molecular formula is C16H20F2N2O. The van der Waals surface area contributed by atoms with Gasteiger partial charge in [-0.3, -0.25) is 4.98 Å². The van der Waals surface area contributed by atoms with Crippen molar-refractivity contribution in [1.29, 1.82) is 0 Å². The normalized spacial score (nSPS) is 11.3. The average molecular weight is 294 g/mol. The molecule has 0 saturated heterocycles. The Hall–Kier alpha value is -1.75. The molecule has 2 rings (SSSR count). The highest BCUT2D eigenvalue weighted by Gasteiger charge is 2.11. The Morgan fingerprint density at radius 1 is 1.19 bits per heavy atom. The van der Waals surface area contributed by atoms with Crippen LogP contribution in [0.2, 0.25) is 0 Å². The Labute approximate surface area is 123 Å². The Balaban J connectivity index is 1.98.